The van der Waals surface area contributed by atoms with E-state index < -0.39 is 0 Å². The number of carbonyl (C=O) groups excluding carboxylic acids is 1. The summed E-state index contributed by atoms with van der Waals surface area (Å²) in [6.07, 6.45) is 3.80. The van der Waals surface area contributed by atoms with E-state index in [1.54, 1.807) is 0 Å². The lowest BCUT2D eigenvalue weighted by molar-refractivity contribution is -0.683. The molecule has 0 atom stereocenters. The first-order valence-corrected chi connectivity index (χ1v) is 5.30. The summed E-state index contributed by atoms with van der Waals surface area (Å²) in [5.41, 5.74) is 1.84. The van der Waals surface area contributed by atoms with Crippen LogP contribution in [0.25, 0.3) is 0 Å². The summed E-state index contributed by atoms with van der Waals surface area (Å²) in [6, 6.07) is 13.5. The molecule has 0 fully saturated rings. The fourth-order valence-corrected chi connectivity index (χ4v) is 1.68. The first-order chi connectivity index (χ1) is 7.77. The number of halogens is 1. The lowest BCUT2D eigenvalue weighted by Gasteiger charge is -2.01. The van der Waals surface area contributed by atoms with E-state index in [0.29, 0.717) is 6.54 Å². The maximum Gasteiger partial charge on any atom is 0.227 e. The van der Waals surface area contributed by atoms with Crippen molar-refractivity contribution in [3.63, 3.8) is 0 Å². The first kappa shape index (κ1) is 13.8. The number of Topliss-reactive ketones (excluding diaryl/α,β-unsaturated/α-hetero) is 1. The Kier molecular flexibility index (Phi) is 5.28. The van der Waals surface area contributed by atoms with E-state index in [1.165, 1.54) is 0 Å². The van der Waals surface area contributed by atoms with Crippen molar-refractivity contribution in [1.82, 2.24) is 0 Å². The third-order valence-electron chi connectivity index (χ3n) is 2.55. The van der Waals surface area contributed by atoms with Crippen LogP contribution < -0.4 is 28.5 Å². The normalized spacial score (nSPS) is 9.47. The van der Waals surface area contributed by atoms with Crippen LogP contribution in [0.2, 0.25) is 0 Å². The number of aryl methyl sites for hydroxylation is 1. The molecule has 2 aromatic rings. The highest BCUT2D eigenvalue weighted by Gasteiger charge is 2.12. The molecule has 0 unspecified atom stereocenters. The largest absolute Gasteiger partial charge is 1.00 e. The van der Waals surface area contributed by atoms with Crippen LogP contribution in [0, 0.1) is 6.92 Å². The number of rotatable bonds is 3. The lowest BCUT2D eigenvalue weighted by Crippen LogP contribution is -3.00. The van der Waals surface area contributed by atoms with Crippen molar-refractivity contribution in [3.8, 4) is 0 Å². The van der Waals surface area contributed by atoms with Crippen LogP contribution in [-0.4, -0.2) is 5.78 Å². The molecule has 0 spiro atoms. The predicted octanol–water partition coefficient (Wildman–Crippen LogP) is -0.831. The molecule has 88 valence electrons. The Morgan fingerprint density at radius 1 is 1.06 bits per heavy atom. The molecule has 0 N–H and O–H groups in total. The highest BCUT2D eigenvalue weighted by Crippen LogP contribution is 2.07. The second kappa shape index (κ2) is 6.49. The first-order valence-electron chi connectivity index (χ1n) is 5.30. The summed E-state index contributed by atoms with van der Waals surface area (Å²) in [5.74, 6) is 0.148. The molecule has 1 heterocycles. The number of hydrogen-bond acceptors (Lipinski definition) is 1. The average Bonchev–Trinajstić information content (AvgIpc) is 2.31. The molecule has 0 saturated heterocycles. The van der Waals surface area contributed by atoms with E-state index in [1.807, 2.05) is 66.3 Å². The highest BCUT2D eigenvalue weighted by atomic mass is 127. The van der Waals surface area contributed by atoms with Gasteiger partial charge >= 0.3 is 0 Å². The van der Waals surface area contributed by atoms with Crippen molar-refractivity contribution in [2.75, 3.05) is 0 Å². The number of aromatic nitrogens is 1. The number of pyridine rings is 1. The zero-order chi connectivity index (χ0) is 11.4. The van der Waals surface area contributed by atoms with Crippen molar-refractivity contribution in [3.05, 3.63) is 66.0 Å². The molecule has 0 amide bonds. The third kappa shape index (κ3) is 3.63. The van der Waals surface area contributed by atoms with Gasteiger partial charge in [0.25, 0.3) is 0 Å². The lowest BCUT2D eigenvalue weighted by atomic mass is 10.1. The van der Waals surface area contributed by atoms with Gasteiger partial charge in [0.1, 0.15) is 0 Å². The fraction of sp³-hybridized carbons (Fsp3) is 0.143. The molecule has 2 nitrogen and oxygen atoms in total. The molecule has 0 bridgehead atoms. The molecule has 0 aliphatic rings. The molecule has 0 saturated carbocycles. The molecular formula is C14H14INO. The van der Waals surface area contributed by atoms with Crippen molar-refractivity contribution >= 4 is 5.78 Å². The van der Waals surface area contributed by atoms with Crippen LogP contribution in [0.15, 0.2) is 54.9 Å². The van der Waals surface area contributed by atoms with Gasteiger partial charge in [-0.05, 0) is 12.5 Å². The van der Waals surface area contributed by atoms with E-state index >= 15 is 0 Å². The second-order valence-electron chi connectivity index (χ2n) is 3.79. The summed E-state index contributed by atoms with van der Waals surface area (Å²) in [7, 11) is 0. The smallest absolute Gasteiger partial charge is 0.227 e. The molecule has 0 aliphatic carbocycles. The average molecular weight is 339 g/mol. The number of benzene rings is 1. The van der Waals surface area contributed by atoms with Gasteiger partial charge in [0, 0.05) is 17.7 Å². The zero-order valence-electron chi connectivity index (χ0n) is 9.64. The Hall–Kier alpha value is -1.23. The minimum Gasteiger partial charge on any atom is -1.00 e. The van der Waals surface area contributed by atoms with E-state index in [9.17, 15) is 4.79 Å². The molecule has 17 heavy (non-hydrogen) atoms. The Bertz CT molecular complexity index is 497. The summed E-state index contributed by atoms with van der Waals surface area (Å²) in [6.45, 7) is 2.36. The minimum atomic E-state index is 0. The van der Waals surface area contributed by atoms with Gasteiger partial charge in [-0.25, -0.2) is 0 Å². The van der Waals surface area contributed by atoms with Crippen LogP contribution in [0.1, 0.15) is 15.9 Å². The van der Waals surface area contributed by atoms with Gasteiger partial charge in [-0.3, -0.25) is 4.79 Å². The van der Waals surface area contributed by atoms with Crippen LogP contribution >= 0.6 is 0 Å². The van der Waals surface area contributed by atoms with E-state index in [2.05, 4.69) is 0 Å². The standard InChI is InChI=1S/C14H14NO.HI/c1-12-7-3-4-8-13(12)14(16)11-15-9-5-2-6-10-15;/h2-10H,11H2,1H3;1H/q+1;/p-1. The van der Waals surface area contributed by atoms with Gasteiger partial charge in [0.15, 0.2) is 12.4 Å². The van der Waals surface area contributed by atoms with Gasteiger partial charge in [0.05, 0.1) is 0 Å². The van der Waals surface area contributed by atoms with Crippen LogP contribution in [-0.2, 0) is 6.54 Å². The molecular weight excluding hydrogens is 325 g/mol. The number of nitrogens with zero attached hydrogens (tertiary/aromatic N) is 1. The molecule has 1 aromatic heterocycles. The molecule has 0 radical (unpaired) electrons. The SMILES string of the molecule is Cc1ccccc1C(=O)C[n+]1ccccc1.[I-]. The van der Waals surface area contributed by atoms with Crippen molar-refractivity contribution < 1.29 is 33.3 Å². The predicted molar refractivity (Wildman–Crippen MR) is 62.1 cm³/mol. The monoisotopic (exact) mass is 339 g/mol. The summed E-state index contributed by atoms with van der Waals surface area (Å²) >= 11 is 0. The van der Waals surface area contributed by atoms with Gasteiger partial charge in [0.2, 0.25) is 12.3 Å². The molecule has 2 rings (SSSR count). The van der Waals surface area contributed by atoms with Crippen molar-refractivity contribution in [2.45, 2.75) is 13.5 Å². The van der Waals surface area contributed by atoms with Crippen LogP contribution in [0.4, 0.5) is 0 Å². The Labute approximate surface area is 118 Å². The van der Waals surface area contributed by atoms with E-state index in [-0.39, 0.29) is 29.8 Å². The van der Waals surface area contributed by atoms with E-state index in [4.69, 9.17) is 0 Å². The number of ketones is 1. The Morgan fingerprint density at radius 3 is 2.35 bits per heavy atom. The van der Waals surface area contributed by atoms with Crippen molar-refractivity contribution in [2.24, 2.45) is 0 Å². The topological polar surface area (TPSA) is 20.9 Å². The third-order valence-corrected chi connectivity index (χ3v) is 2.55. The fourth-order valence-electron chi connectivity index (χ4n) is 1.68. The summed E-state index contributed by atoms with van der Waals surface area (Å²) < 4.78 is 1.88. The quantitative estimate of drug-likeness (QED) is 0.406. The second-order valence-corrected chi connectivity index (χ2v) is 3.79. The van der Waals surface area contributed by atoms with Crippen LogP contribution in [0.5, 0.6) is 0 Å². The van der Waals surface area contributed by atoms with E-state index in [0.717, 1.165) is 11.1 Å². The molecule has 0 aliphatic heterocycles. The number of hydrogen-bond donors (Lipinski definition) is 0. The zero-order valence-corrected chi connectivity index (χ0v) is 11.8. The summed E-state index contributed by atoms with van der Waals surface area (Å²) in [4.78, 5) is 12.0. The molecule has 3 heteroatoms. The minimum absolute atomic E-state index is 0. The van der Waals surface area contributed by atoms with Gasteiger partial charge < -0.3 is 24.0 Å². The van der Waals surface area contributed by atoms with Gasteiger partial charge in [-0.1, -0.05) is 30.3 Å². The van der Waals surface area contributed by atoms with Crippen LogP contribution in [0.3, 0.4) is 0 Å². The van der Waals surface area contributed by atoms with Crippen molar-refractivity contribution in [1.29, 1.82) is 0 Å². The Balaban J connectivity index is 0.00000144. The number of carbonyl (C=O) groups is 1. The maximum absolute atomic E-state index is 12.0. The summed E-state index contributed by atoms with van der Waals surface area (Å²) in [5, 5.41) is 0. The maximum atomic E-state index is 12.0. The highest BCUT2D eigenvalue weighted by molar-refractivity contribution is 5.96. The van der Waals surface area contributed by atoms with Gasteiger partial charge in [-0.15, -0.1) is 0 Å². The Morgan fingerprint density at radius 2 is 1.71 bits per heavy atom. The van der Waals surface area contributed by atoms with Gasteiger partial charge in [-0.2, -0.15) is 4.57 Å². The molecule has 1 aromatic carbocycles.